The van der Waals surface area contributed by atoms with Gasteiger partial charge in [-0.1, -0.05) is 12.1 Å². The molecule has 0 unspecified atom stereocenters. The highest BCUT2D eigenvalue weighted by Crippen LogP contribution is 2.23. The number of nitrogens with zero attached hydrogens (tertiary/aromatic N) is 1. The molecule has 0 aromatic heterocycles. The highest BCUT2D eigenvalue weighted by molar-refractivity contribution is 5.74. The van der Waals surface area contributed by atoms with E-state index in [-0.39, 0.29) is 17.7 Å². The van der Waals surface area contributed by atoms with Crippen LogP contribution in [0.3, 0.4) is 0 Å². The molecule has 0 aliphatic carbocycles. The number of nitrogens with one attached hydrogen (secondary N) is 1. The molecule has 16 heavy (non-hydrogen) atoms. The number of phenolic OH excluding ortho intramolecular Hbond substituents is 1. The summed E-state index contributed by atoms with van der Waals surface area (Å²) in [6.07, 6.45) is 0. The Kier molecular flexibility index (Phi) is 3.10. The van der Waals surface area contributed by atoms with Gasteiger partial charge in [0, 0.05) is 26.6 Å². The monoisotopic (exact) mass is 220 g/mol. The number of hydrogen-bond acceptors (Lipinski definition) is 3. The second kappa shape index (κ2) is 4.53. The van der Waals surface area contributed by atoms with Crippen LogP contribution in [-0.2, 0) is 4.79 Å². The molecule has 4 heteroatoms. The van der Waals surface area contributed by atoms with Crippen molar-refractivity contribution < 1.29 is 9.90 Å². The number of hydrogen-bond donors (Lipinski definition) is 2. The van der Waals surface area contributed by atoms with Gasteiger partial charge in [0.15, 0.2) is 0 Å². The molecule has 1 aromatic rings. The molecule has 0 saturated carbocycles. The Hall–Kier alpha value is -1.55. The van der Waals surface area contributed by atoms with Crippen molar-refractivity contribution in [1.29, 1.82) is 0 Å². The maximum atomic E-state index is 11.5. The number of carbonyl (C=O) groups excluding carboxylic acids is 1. The lowest BCUT2D eigenvalue weighted by atomic mass is 10.0. The summed E-state index contributed by atoms with van der Waals surface area (Å²) in [5, 5.41) is 12.5. The molecule has 2 rings (SSSR count). The zero-order chi connectivity index (χ0) is 11.5. The van der Waals surface area contributed by atoms with E-state index in [4.69, 9.17) is 0 Å². The highest BCUT2D eigenvalue weighted by atomic mass is 16.3. The molecular weight excluding hydrogens is 204 g/mol. The Morgan fingerprint density at radius 1 is 1.44 bits per heavy atom. The summed E-state index contributed by atoms with van der Waals surface area (Å²) in [6.45, 7) is 3.94. The van der Waals surface area contributed by atoms with Crippen molar-refractivity contribution in [3.8, 4) is 5.75 Å². The molecule has 86 valence electrons. The smallest absolute Gasteiger partial charge is 0.220 e. The Morgan fingerprint density at radius 3 is 2.75 bits per heavy atom. The van der Waals surface area contributed by atoms with Gasteiger partial charge < -0.3 is 15.3 Å². The van der Waals surface area contributed by atoms with E-state index in [1.54, 1.807) is 19.1 Å². The predicted octanol–water partition coefficient (Wildman–Crippen LogP) is 0.885. The minimum atomic E-state index is 0.0758. The van der Waals surface area contributed by atoms with Crippen LogP contribution in [0.5, 0.6) is 5.75 Å². The highest BCUT2D eigenvalue weighted by Gasteiger charge is 2.25. The van der Waals surface area contributed by atoms with Crippen LogP contribution < -0.4 is 5.32 Å². The number of phenols is 1. The van der Waals surface area contributed by atoms with E-state index in [0.29, 0.717) is 0 Å². The van der Waals surface area contributed by atoms with Crippen LogP contribution in [0.25, 0.3) is 0 Å². The van der Waals surface area contributed by atoms with Crippen LogP contribution >= 0.6 is 0 Å². The van der Waals surface area contributed by atoms with Crippen LogP contribution in [0.2, 0.25) is 0 Å². The molecule has 0 spiro atoms. The number of rotatable bonds is 1. The van der Waals surface area contributed by atoms with Gasteiger partial charge in [-0.3, -0.25) is 4.79 Å². The van der Waals surface area contributed by atoms with Gasteiger partial charge >= 0.3 is 0 Å². The SMILES string of the molecule is CC(=O)N1CCNC[C@@H]1c1ccc(O)cc1. The fourth-order valence-electron chi connectivity index (χ4n) is 2.08. The minimum absolute atomic E-state index is 0.0758. The zero-order valence-corrected chi connectivity index (χ0v) is 9.31. The number of carbonyl (C=O) groups is 1. The molecule has 1 fully saturated rings. The van der Waals surface area contributed by atoms with Gasteiger partial charge in [0.05, 0.1) is 6.04 Å². The Bertz CT molecular complexity index is 375. The van der Waals surface area contributed by atoms with Crippen LogP contribution in [0.4, 0.5) is 0 Å². The quantitative estimate of drug-likeness (QED) is 0.739. The Balaban J connectivity index is 2.23. The van der Waals surface area contributed by atoms with Gasteiger partial charge in [-0.25, -0.2) is 0 Å². The average molecular weight is 220 g/mol. The van der Waals surface area contributed by atoms with Gasteiger partial charge in [0.1, 0.15) is 5.75 Å². The Labute approximate surface area is 94.9 Å². The first-order chi connectivity index (χ1) is 7.68. The molecule has 1 aliphatic heterocycles. The minimum Gasteiger partial charge on any atom is -0.508 e. The molecule has 1 aliphatic rings. The largest absolute Gasteiger partial charge is 0.508 e. The van der Waals surface area contributed by atoms with Crippen molar-refractivity contribution in [2.24, 2.45) is 0 Å². The van der Waals surface area contributed by atoms with Crippen molar-refractivity contribution in [2.75, 3.05) is 19.6 Å². The first kappa shape index (κ1) is 11.0. The molecular formula is C12H16N2O2. The van der Waals surface area contributed by atoms with E-state index in [2.05, 4.69) is 5.32 Å². The van der Waals surface area contributed by atoms with Crippen molar-refractivity contribution in [1.82, 2.24) is 10.2 Å². The number of piperazine rings is 1. The third kappa shape index (κ3) is 2.17. The summed E-state index contributed by atoms with van der Waals surface area (Å²) in [4.78, 5) is 13.4. The van der Waals surface area contributed by atoms with E-state index in [1.165, 1.54) is 0 Å². The van der Waals surface area contributed by atoms with Gasteiger partial charge in [0.25, 0.3) is 0 Å². The van der Waals surface area contributed by atoms with E-state index >= 15 is 0 Å². The van der Waals surface area contributed by atoms with Crippen LogP contribution in [0, 0.1) is 0 Å². The molecule has 1 aromatic carbocycles. The maximum Gasteiger partial charge on any atom is 0.220 e. The predicted molar refractivity (Wildman–Crippen MR) is 61.1 cm³/mol. The molecule has 0 bridgehead atoms. The lowest BCUT2D eigenvalue weighted by Gasteiger charge is -2.35. The summed E-state index contributed by atoms with van der Waals surface area (Å²) >= 11 is 0. The second-order valence-corrected chi connectivity index (χ2v) is 4.02. The molecule has 0 radical (unpaired) electrons. The Morgan fingerprint density at radius 2 is 2.12 bits per heavy atom. The van der Waals surface area contributed by atoms with E-state index in [0.717, 1.165) is 25.2 Å². The van der Waals surface area contributed by atoms with Gasteiger partial charge in [-0.15, -0.1) is 0 Å². The van der Waals surface area contributed by atoms with Crippen molar-refractivity contribution in [3.05, 3.63) is 29.8 Å². The van der Waals surface area contributed by atoms with Gasteiger partial charge in [-0.2, -0.15) is 0 Å². The van der Waals surface area contributed by atoms with Gasteiger partial charge in [-0.05, 0) is 17.7 Å². The van der Waals surface area contributed by atoms with Gasteiger partial charge in [0.2, 0.25) is 5.91 Å². The van der Waals surface area contributed by atoms with Crippen molar-refractivity contribution in [2.45, 2.75) is 13.0 Å². The first-order valence-corrected chi connectivity index (χ1v) is 5.45. The topological polar surface area (TPSA) is 52.6 Å². The zero-order valence-electron chi connectivity index (χ0n) is 9.31. The summed E-state index contributed by atoms with van der Waals surface area (Å²) in [7, 11) is 0. The van der Waals surface area contributed by atoms with Crippen molar-refractivity contribution >= 4 is 5.91 Å². The van der Waals surface area contributed by atoms with E-state index in [9.17, 15) is 9.90 Å². The number of aromatic hydroxyl groups is 1. The van der Waals surface area contributed by atoms with Crippen molar-refractivity contribution in [3.63, 3.8) is 0 Å². The lowest BCUT2D eigenvalue weighted by molar-refractivity contribution is -0.132. The normalized spacial score (nSPS) is 20.8. The molecule has 1 heterocycles. The second-order valence-electron chi connectivity index (χ2n) is 4.02. The van der Waals surface area contributed by atoms with Crippen LogP contribution in [0.15, 0.2) is 24.3 Å². The van der Waals surface area contributed by atoms with E-state index < -0.39 is 0 Å². The summed E-state index contributed by atoms with van der Waals surface area (Å²) in [5.74, 6) is 0.349. The fourth-order valence-corrected chi connectivity index (χ4v) is 2.08. The molecule has 1 amide bonds. The van der Waals surface area contributed by atoms with Crippen LogP contribution in [-0.4, -0.2) is 35.5 Å². The summed E-state index contributed by atoms with van der Waals surface area (Å²) in [5.41, 5.74) is 1.06. The molecule has 2 N–H and O–H groups in total. The third-order valence-corrected chi connectivity index (χ3v) is 2.93. The fraction of sp³-hybridized carbons (Fsp3) is 0.417. The third-order valence-electron chi connectivity index (χ3n) is 2.93. The van der Waals surface area contributed by atoms with E-state index in [1.807, 2.05) is 17.0 Å². The number of amides is 1. The summed E-state index contributed by atoms with van der Waals surface area (Å²) < 4.78 is 0. The number of benzene rings is 1. The van der Waals surface area contributed by atoms with Crippen LogP contribution in [0.1, 0.15) is 18.5 Å². The molecule has 4 nitrogen and oxygen atoms in total. The molecule has 1 atom stereocenters. The average Bonchev–Trinajstić information content (AvgIpc) is 2.30. The standard InChI is InChI=1S/C12H16N2O2/c1-9(15)14-7-6-13-8-12(14)10-2-4-11(16)5-3-10/h2-5,12-13,16H,6-8H2,1H3/t12-/m1/s1. The maximum absolute atomic E-state index is 11.5. The lowest BCUT2D eigenvalue weighted by Crippen LogP contribution is -2.47. The summed E-state index contributed by atoms with van der Waals surface area (Å²) in [6, 6.07) is 7.11. The first-order valence-electron chi connectivity index (χ1n) is 5.45. The molecule has 1 saturated heterocycles.